The molecule has 1 N–H and O–H groups in total. The molecule has 8 heteroatoms. The van der Waals surface area contributed by atoms with Gasteiger partial charge in [-0.1, -0.05) is 35.5 Å². The Hall–Kier alpha value is -2.12. The zero-order valence-corrected chi connectivity index (χ0v) is 17.4. The van der Waals surface area contributed by atoms with Gasteiger partial charge in [0.1, 0.15) is 0 Å². The van der Waals surface area contributed by atoms with Crippen molar-refractivity contribution < 1.29 is 4.79 Å². The minimum Gasteiger partial charge on any atom is -0.350 e. The summed E-state index contributed by atoms with van der Waals surface area (Å²) in [5.74, 6) is 0.585. The molecule has 0 aliphatic heterocycles. The molecule has 0 radical (unpaired) electrons. The lowest BCUT2D eigenvalue weighted by atomic mass is 10.1. The second-order valence-corrected chi connectivity index (χ2v) is 7.63. The van der Waals surface area contributed by atoms with Gasteiger partial charge >= 0.3 is 0 Å². The lowest BCUT2D eigenvalue weighted by Gasteiger charge is -2.15. The molecule has 0 saturated carbocycles. The zero-order valence-electron chi connectivity index (χ0n) is 15.8. The van der Waals surface area contributed by atoms with Crippen LogP contribution in [-0.4, -0.2) is 31.7 Å². The predicted octanol–water partition coefficient (Wildman–Crippen LogP) is 3.93. The highest BCUT2D eigenvalue weighted by Crippen LogP contribution is 2.19. The van der Waals surface area contributed by atoms with E-state index in [2.05, 4.69) is 20.4 Å². The van der Waals surface area contributed by atoms with Gasteiger partial charge in [0, 0.05) is 22.8 Å². The molecule has 3 aromatic rings. The van der Waals surface area contributed by atoms with E-state index in [1.54, 1.807) is 4.52 Å². The van der Waals surface area contributed by atoms with E-state index in [1.807, 2.05) is 51.3 Å². The van der Waals surface area contributed by atoms with E-state index >= 15 is 0 Å². The quantitative estimate of drug-likeness (QED) is 0.631. The molecule has 0 saturated heterocycles. The van der Waals surface area contributed by atoms with Crippen molar-refractivity contribution in [2.75, 3.05) is 6.26 Å². The number of rotatable bonds is 6. The fourth-order valence-corrected chi connectivity index (χ4v) is 3.58. The first-order valence-electron chi connectivity index (χ1n) is 8.70. The van der Waals surface area contributed by atoms with Crippen molar-refractivity contribution in [1.82, 2.24) is 24.9 Å². The van der Waals surface area contributed by atoms with Crippen molar-refractivity contribution in [1.29, 1.82) is 0 Å². The fraction of sp³-hybridized carbons (Fsp3) is 0.368. The summed E-state index contributed by atoms with van der Waals surface area (Å²) in [6.07, 6.45) is 2.91. The number of hydrogen-bond donors (Lipinski definition) is 1. The van der Waals surface area contributed by atoms with Crippen LogP contribution >= 0.6 is 23.4 Å². The fourth-order valence-electron chi connectivity index (χ4n) is 3.05. The summed E-state index contributed by atoms with van der Waals surface area (Å²) in [5, 5.41) is 8.83. The van der Waals surface area contributed by atoms with Gasteiger partial charge in [0.15, 0.2) is 0 Å². The number of halogens is 1. The predicted molar refractivity (Wildman–Crippen MR) is 108 cm³/mol. The van der Waals surface area contributed by atoms with Gasteiger partial charge < -0.3 is 5.32 Å². The van der Waals surface area contributed by atoms with Crippen LogP contribution in [0.3, 0.4) is 0 Å². The van der Waals surface area contributed by atoms with E-state index in [4.69, 9.17) is 11.6 Å². The van der Waals surface area contributed by atoms with E-state index in [0.717, 1.165) is 22.5 Å². The third-order valence-electron chi connectivity index (χ3n) is 4.54. The van der Waals surface area contributed by atoms with Crippen molar-refractivity contribution in [3.63, 3.8) is 0 Å². The number of carbonyl (C=O) groups excluding carboxylic acids is 1. The zero-order chi connectivity index (χ0) is 19.6. The van der Waals surface area contributed by atoms with Crippen molar-refractivity contribution in [3.8, 4) is 0 Å². The molecule has 1 amide bonds. The Morgan fingerprint density at radius 2 is 2.11 bits per heavy atom. The smallest absolute Gasteiger partial charge is 0.253 e. The Bertz CT molecular complexity index is 988. The molecule has 1 atom stereocenters. The highest BCUT2D eigenvalue weighted by Gasteiger charge is 2.15. The summed E-state index contributed by atoms with van der Waals surface area (Å²) in [6, 6.07) is 7.43. The second kappa shape index (κ2) is 8.27. The number of aromatic nitrogens is 4. The van der Waals surface area contributed by atoms with Crippen LogP contribution in [0.2, 0.25) is 5.02 Å². The number of amides is 1. The van der Waals surface area contributed by atoms with Gasteiger partial charge in [-0.15, -0.1) is 5.10 Å². The summed E-state index contributed by atoms with van der Waals surface area (Å²) < 4.78 is 1.75. The minimum atomic E-state index is -0.0987. The van der Waals surface area contributed by atoms with Crippen LogP contribution in [0.1, 0.15) is 41.9 Å². The molecule has 2 heterocycles. The van der Waals surface area contributed by atoms with Crippen LogP contribution in [0.25, 0.3) is 5.78 Å². The first-order chi connectivity index (χ1) is 12.9. The third-order valence-corrected chi connectivity index (χ3v) is 5.31. The summed E-state index contributed by atoms with van der Waals surface area (Å²) in [5.41, 5.74) is 3.88. The molecule has 142 valence electrons. The molecule has 27 heavy (non-hydrogen) atoms. The third kappa shape index (κ3) is 4.42. The lowest BCUT2D eigenvalue weighted by molar-refractivity contribution is -0.121. The van der Waals surface area contributed by atoms with Crippen LogP contribution in [0, 0.1) is 13.8 Å². The van der Waals surface area contributed by atoms with Gasteiger partial charge in [0.05, 0.1) is 6.04 Å². The van der Waals surface area contributed by atoms with Gasteiger partial charge in [0.25, 0.3) is 5.78 Å². The van der Waals surface area contributed by atoms with Gasteiger partial charge in [-0.3, -0.25) is 4.79 Å². The topological polar surface area (TPSA) is 72.2 Å². The number of fused-ring (bicyclic) bond motifs is 1. The Kier molecular flexibility index (Phi) is 6.01. The van der Waals surface area contributed by atoms with E-state index < -0.39 is 0 Å². The molecule has 0 spiro atoms. The van der Waals surface area contributed by atoms with Crippen LogP contribution in [-0.2, 0) is 11.2 Å². The maximum atomic E-state index is 12.4. The average Bonchev–Trinajstić information content (AvgIpc) is 3.04. The molecule has 0 fully saturated rings. The number of benzene rings is 1. The Morgan fingerprint density at radius 3 is 2.81 bits per heavy atom. The molecule has 6 nitrogen and oxygen atoms in total. The number of carbonyl (C=O) groups is 1. The molecular formula is C19H22ClN5OS. The van der Waals surface area contributed by atoms with Crippen molar-refractivity contribution in [2.45, 2.75) is 44.8 Å². The number of nitrogens with one attached hydrogen (secondary N) is 1. The first kappa shape index (κ1) is 19.6. The van der Waals surface area contributed by atoms with Crippen LogP contribution in [0.5, 0.6) is 0 Å². The molecule has 0 aliphatic carbocycles. The highest BCUT2D eigenvalue weighted by atomic mass is 35.5. The maximum absolute atomic E-state index is 12.4. The van der Waals surface area contributed by atoms with E-state index in [0.29, 0.717) is 28.8 Å². The Labute approximate surface area is 167 Å². The van der Waals surface area contributed by atoms with Crippen LogP contribution < -0.4 is 5.32 Å². The van der Waals surface area contributed by atoms with Gasteiger partial charge in [-0.05, 0) is 56.7 Å². The normalized spacial score (nSPS) is 12.3. The van der Waals surface area contributed by atoms with Gasteiger partial charge in [-0.2, -0.15) is 4.98 Å². The van der Waals surface area contributed by atoms with Gasteiger partial charge in [0.2, 0.25) is 11.1 Å². The molecule has 0 bridgehead atoms. The van der Waals surface area contributed by atoms with Crippen LogP contribution in [0.4, 0.5) is 0 Å². The van der Waals surface area contributed by atoms with Crippen molar-refractivity contribution >= 4 is 35.0 Å². The summed E-state index contributed by atoms with van der Waals surface area (Å²) in [6.45, 7) is 5.89. The van der Waals surface area contributed by atoms with Crippen LogP contribution in [0.15, 0.2) is 29.4 Å². The van der Waals surface area contributed by atoms with E-state index in [9.17, 15) is 4.79 Å². The molecule has 3 rings (SSSR count). The summed E-state index contributed by atoms with van der Waals surface area (Å²) in [4.78, 5) is 21.3. The maximum Gasteiger partial charge on any atom is 0.253 e. The van der Waals surface area contributed by atoms with Gasteiger partial charge in [-0.25, -0.2) is 9.50 Å². The molecule has 2 aromatic heterocycles. The highest BCUT2D eigenvalue weighted by molar-refractivity contribution is 7.98. The number of hydrogen-bond acceptors (Lipinski definition) is 5. The first-order valence-corrected chi connectivity index (χ1v) is 10.3. The van der Waals surface area contributed by atoms with Crippen molar-refractivity contribution in [2.24, 2.45) is 0 Å². The summed E-state index contributed by atoms with van der Waals surface area (Å²) >= 11 is 7.51. The SMILES string of the molecule is CSc1nc2nc(C)c(CCC(=O)N[C@H](C)c3cccc(Cl)c3)c(C)n2n1. The largest absolute Gasteiger partial charge is 0.350 e. The Morgan fingerprint density at radius 1 is 1.33 bits per heavy atom. The number of aryl methyl sites for hydroxylation is 2. The minimum absolute atomic E-state index is 0.00948. The second-order valence-electron chi connectivity index (χ2n) is 6.42. The number of nitrogens with zero attached hydrogens (tertiary/aromatic N) is 4. The number of thioether (sulfide) groups is 1. The molecule has 0 aliphatic rings. The van der Waals surface area contributed by atoms with Crippen molar-refractivity contribution in [3.05, 3.63) is 51.8 Å². The van der Waals surface area contributed by atoms with E-state index in [-0.39, 0.29) is 11.9 Å². The molecule has 1 aromatic carbocycles. The average molecular weight is 404 g/mol. The standard InChI is InChI=1S/C19H22ClN5OS/c1-11(14-6-5-7-15(20)10-14)21-17(26)9-8-16-12(2)22-18-23-19(27-4)24-25(18)13(16)3/h5-7,10-11H,8-9H2,1-4H3,(H,21,26)/t11-/m1/s1. The molecule has 0 unspecified atom stereocenters. The summed E-state index contributed by atoms with van der Waals surface area (Å²) in [7, 11) is 0. The Balaban J connectivity index is 1.69. The molecular weight excluding hydrogens is 382 g/mol. The lowest BCUT2D eigenvalue weighted by Crippen LogP contribution is -2.27. The van der Waals surface area contributed by atoms with E-state index in [1.165, 1.54) is 11.8 Å². The monoisotopic (exact) mass is 403 g/mol.